The molecule has 1 unspecified atom stereocenters. The fourth-order valence-electron chi connectivity index (χ4n) is 3.77. The fourth-order valence-corrected chi connectivity index (χ4v) is 3.97. The van der Waals surface area contributed by atoms with E-state index in [0.29, 0.717) is 23.7 Å². The van der Waals surface area contributed by atoms with Crippen LogP contribution >= 0.6 is 11.6 Å². The first-order valence-corrected chi connectivity index (χ1v) is 10.5. The Morgan fingerprint density at radius 2 is 2.10 bits per heavy atom. The van der Waals surface area contributed by atoms with Crippen LogP contribution in [0.1, 0.15) is 49.0 Å². The first kappa shape index (κ1) is 21.6. The zero-order chi connectivity index (χ0) is 20.8. The molecule has 1 aliphatic rings. The summed E-state index contributed by atoms with van der Waals surface area (Å²) < 4.78 is 5.66. The van der Waals surface area contributed by atoms with E-state index in [-0.39, 0.29) is 6.04 Å². The molecule has 2 aromatic rings. The van der Waals surface area contributed by atoms with E-state index in [1.807, 2.05) is 30.3 Å². The molecular weight excluding hydrogens is 390 g/mol. The monoisotopic (exact) mass is 417 g/mol. The number of fused-ring (bicyclic) bond motifs is 1. The van der Waals surface area contributed by atoms with E-state index >= 15 is 0 Å². The average molecular weight is 418 g/mol. The van der Waals surface area contributed by atoms with Crippen LogP contribution in [0.2, 0.25) is 5.02 Å². The van der Waals surface area contributed by atoms with E-state index in [2.05, 4.69) is 5.32 Å². The maximum atomic E-state index is 11.3. The number of carboxylic acids is 1. The van der Waals surface area contributed by atoms with Crippen LogP contribution in [-0.2, 0) is 17.6 Å². The topological polar surface area (TPSA) is 78.8 Å². The summed E-state index contributed by atoms with van der Waals surface area (Å²) in [5, 5.41) is 23.8. The molecule has 3 N–H and O–H groups in total. The Morgan fingerprint density at radius 1 is 1.28 bits per heavy atom. The van der Waals surface area contributed by atoms with Crippen molar-refractivity contribution in [1.29, 1.82) is 0 Å². The molecule has 6 heteroatoms. The van der Waals surface area contributed by atoms with E-state index in [0.717, 1.165) is 31.2 Å². The minimum Gasteiger partial charge on any atom is -0.479 e. The van der Waals surface area contributed by atoms with Crippen LogP contribution in [0.15, 0.2) is 42.5 Å². The third kappa shape index (κ3) is 5.95. The Balaban J connectivity index is 1.64. The highest BCUT2D eigenvalue weighted by Gasteiger charge is 2.21. The number of rotatable bonds is 8. The van der Waals surface area contributed by atoms with E-state index in [1.54, 1.807) is 19.1 Å². The zero-order valence-electron chi connectivity index (χ0n) is 16.6. The smallest absolute Gasteiger partial charge is 0.344 e. The van der Waals surface area contributed by atoms with Crippen LogP contribution in [0.5, 0.6) is 5.75 Å². The van der Waals surface area contributed by atoms with Gasteiger partial charge < -0.3 is 20.3 Å². The highest BCUT2D eigenvalue weighted by Crippen LogP contribution is 2.26. The molecule has 5 nitrogen and oxygen atoms in total. The predicted molar refractivity (Wildman–Crippen MR) is 114 cm³/mol. The number of halogens is 1. The van der Waals surface area contributed by atoms with E-state index in [4.69, 9.17) is 16.3 Å². The molecule has 0 spiro atoms. The molecule has 3 atom stereocenters. The van der Waals surface area contributed by atoms with Gasteiger partial charge in [-0.1, -0.05) is 36.7 Å². The third-order valence-electron chi connectivity index (χ3n) is 5.40. The second-order valence-corrected chi connectivity index (χ2v) is 7.99. The molecule has 0 aromatic heterocycles. The molecule has 0 saturated heterocycles. The van der Waals surface area contributed by atoms with Gasteiger partial charge in [-0.3, -0.25) is 0 Å². The summed E-state index contributed by atoms with van der Waals surface area (Å²) in [5.41, 5.74) is 3.25. The minimum absolute atomic E-state index is 0.238. The van der Waals surface area contributed by atoms with Gasteiger partial charge in [-0.2, -0.15) is 0 Å². The largest absolute Gasteiger partial charge is 0.479 e. The van der Waals surface area contributed by atoms with Crippen molar-refractivity contribution in [2.24, 2.45) is 0 Å². The van der Waals surface area contributed by atoms with Crippen molar-refractivity contribution >= 4 is 17.6 Å². The Hall–Kier alpha value is -2.08. The number of aliphatic hydroxyl groups is 1. The van der Waals surface area contributed by atoms with Gasteiger partial charge in [0.05, 0.1) is 6.10 Å². The summed E-state index contributed by atoms with van der Waals surface area (Å²) >= 11 is 6.02. The van der Waals surface area contributed by atoms with E-state index in [9.17, 15) is 15.0 Å². The summed E-state index contributed by atoms with van der Waals surface area (Å²) in [6.45, 7) is 2.25. The molecule has 0 heterocycles. The summed E-state index contributed by atoms with van der Waals surface area (Å²) in [6, 6.07) is 13.4. The lowest BCUT2D eigenvalue weighted by Crippen LogP contribution is -2.34. The van der Waals surface area contributed by atoms with Gasteiger partial charge in [0, 0.05) is 17.6 Å². The van der Waals surface area contributed by atoms with Crippen molar-refractivity contribution in [1.82, 2.24) is 5.32 Å². The lowest BCUT2D eigenvalue weighted by molar-refractivity contribution is -0.145. The number of aliphatic hydroxyl groups excluding tert-OH is 1. The van der Waals surface area contributed by atoms with Gasteiger partial charge in [0.2, 0.25) is 0 Å². The number of carboxylic acid groups (broad SMARTS) is 1. The van der Waals surface area contributed by atoms with Crippen LogP contribution in [0.4, 0.5) is 0 Å². The number of hydrogen-bond acceptors (Lipinski definition) is 4. The fraction of sp³-hybridized carbons (Fsp3) is 0.435. The normalized spacial score (nSPS) is 18.4. The molecule has 0 fully saturated rings. The number of nitrogens with one attached hydrogen (secondary N) is 1. The molecule has 0 radical (unpaired) electrons. The number of ether oxygens (including phenoxy) is 1. The molecule has 1 aliphatic carbocycles. The second kappa shape index (κ2) is 10.1. The predicted octanol–water partition coefficient (Wildman–Crippen LogP) is 4.15. The lowest BCUT2D eigenvalue weighted by Gasteiger charge is -2.20. The van der Waals surface area contributed by atoms with Crippen LogP contribution in [-0.4, -0.2) is 34.9 Å². The standard InChI is InChI=1S/C23H28ClNO4/c1-2-22(23(27)28)29-20-10-9-15-5-4-8-19(12-17(15)13-20)25-14-21(26)16-6-3-7-18(24)11-16/h3,6-7,9-11,13,19,21-22,25-26H,2,4-5,8,12,14H2,1H3,(H,27,28)/t19?,21-,22-/m0/s1. The maximum Gasteiger partial charge on any atom is 0.344 e. The van der Waals surface area contributed by atoms with Gasteiger partial charge in [-0.15, -0.1) is 0 Å². The van der Waals surface area contributed by atoms with Crippen molar-refractivity contribution in [3.05, 3.63) is 64.2 Å². The van der Waals surface area contributed by atoms with Crippen molar-refractivity contribution in [2.75, 3.05) is 6.54 Å². The van der Waals surface area contributed by atoms with Gasteiger partial charge >= 0.3 is 5.97 Å². The summed E-state index contributed by atoms with van der Waals surface area (Å²) in [5.74, 6) is -0.352. The molecule has 156 valence electrons. The number of benzene rings is 2. The number of aryl methyl sites for hydroxylation is 1. The summed E-state index contributed by atoms with van der Waals surface area (Å²) in [7, 11) is 0. The van der Waals surface area contributed by atoms with Crippen LogP contribution in [0, 0.1) is 0 Å². The van der Waals surface area contributed by atoms with E-state index in [1.165, 1.54) is 11.1 Å². The number of hydrogen-bond donors (Lipinski definition) is 3. The van der Waals surface area contributed by atoms with Crippen LogP contribution < -0.4 is 10.1 Å². The molecule has 0 amide bonds. The summed E-state index contributed by atoms with van der Waals surface area (Å²) in [6.07, 6.45) is 2.84. The van der Waals surface area contributed by atoms with Crippen molar-refractivity contribution in [2.45, 2.75) is 57.3 Å². The molecule has 3 rings (SSSR count). The SMILES string of the molecule is CC[C@H](Oc1ccc2c(c1)CC(NC[C@H](O)c1cccc(Cl)c1)CCC2)C(=O)O. The van der Waals surface area contributed by atoms with Crippen molar-refractivity contribution in [3.63, 3.8) is 0 Å². The average Bonchev–Trinajstić information content (AvgIpc) is 2.91. The Kier molecular flexibility index (Phi) is 7.53. The number of aliphatic carboxylic acids is 1. The molecular formula is C23H28ClNO4. The van der Waals surface area contributed by atoms with Gasteiger partial charge in [-0.25, -0.2) is 4.79 Å². The highest BCUT2D eigenvalue weighted by molar-refractivity contribution is 6.30. The van der Waals surface area contributed by atoms with Gasteiger partial charge in [0.1, 0.15) is 5.75 Å². The molecule has 29 heavy (non-hydrogen) atoms. The van der Waals surface area contributed by atoms with Crippen molar-refractivity contribution < 1.29 is 19.7 Å². The quantitative estimate of drug-likeness (QED) is 0.562. The van der Waals surface area contributed by atoms with Crippen LogP contribution in [0.3, 0.4) is 0 Å². The Morgan fingerprint density at radius 3 is 2.83 bits per heavy atom. The molecule has 0 bridgehead atoms. The van der Waals surface area contributed by atoms with Gasteiger partial charge in [0.15, 0.2) is 6.10 Å². The Bertz CT molecular complexity index is 841. The molecule has 0 aliphatic heterocycles. The van der Waals surface area contributed by atoms with E-state index < -0.39 is 18.2 Å². The second-order valence-electron chi connectivity index (χ2n) is 7.56. The number of carbonyl (C=O) groups is 1. The lowest BCUT2D eigenvalue weighted by atomic mass is 10.0. The van der Waals surface area contributed by atoms with Crippen molar-refractivity contribution in [3.8, 4) is 5.75 Å². The Labute approximate surface area is 176 Å². The summed E-state index contributed by atoms with van der Waals surface area (Å²) in [4.78, 5) is 11.3. The molecule has 0 saturated carbocycles. The molecule has 2 aromatic carbocycles. The van der Waals surface area contributed by atoms with Gasteiger partial charge in [-0.05, 0) is 73.1 Å². The highest BCUT2D eigenvalue weighted by atomic mass is 35.5. The first-order valence-electron chi connectivity index (χ1n) is 10.1. The zero-order valence-corrected chi connectivity index (χ0v) is 17.4. The van der Waals surface area contributed by atoms with Crippen LogP contribution in [0.25, 0.3) is 0 Å². The first-order chi connectivity index (χ1) is 14.0. The third-order valence-corrected chi connectivity index (χ3v) is 5.64. The van der Waals surface area contributed by atoms with Gasteiger partial charge in [0.25, 0.3) is 0 Å². The maximum absolute atomic E-state index is 11.3. The minimum atomic E-state index is -0.947.